The van der Waals surface area contributed by atoms with E-state index in [0.29, 0.717) is 28.3 Å². The van der Waals surface area contributed by atoms with Crippen LogP contribution < -0.4 is 14.9 Å². The molecule has 2 N–H and O–H groups in total. The minimum atomic E-state index is -0.532. The summed E-state index contributed by atoms with van der Waals surface area (Å²) in [6.45, 7) is 4.06. The SMILES string of the molecule is COc1cccc(C(=O)Oc2ccccc2C=NNC(=O)c2[nH]c3c(C)cc(C)cc3c2-c2ccccc2)c1. The Morgan fingerprint density at radius 2 is 1.67 bits per heavy atom. The highest BCUT2D eigenvalue weighted by molar-refractivity contribution is 6.10. The number of hydrogen-bond donors (Lipinski definition) is 2. The Morgan fingerprint density at radius 1 is 0.897 bits per heavy atom. The number of rotatable bonds is 7. The van der Waals surface area contributed by atoms with Gasteiger partial charge < -0.3 is 14.5 Å². The maximum absolute atomic E-state index is 13.3. The number of aromatic nitrogens is 1. The van der Waals surface area contributed by atoms with Crippen LogP contribution in [0.15, 0.2) is 96.1 Å². The molecule has 0 spiro atoms. The van der Waals surface area contributed by atoms with E-state index in [0.717, 1.165) is 33.2 Å². The number of fused-ring (bicyclic) bond motifs is 1. The fourth-order valence-corrected chi connectivity index (χ4v) is 4.53. The third-order valence-electron chi connectivity index (χ3n) is 6.34. The van der Waals surface area contributed by atoms with Gasteiger partial charge in [0.25, 0.3) is 5.91 Å². The average Bonchev–Trinajstić information content (AvgIpc) is 3.34. The number of ether oxygens (including phenoxy) is 2. The van der Waals surface area contributed by atoms with Crippen molar-refractivity contribution in [2.75, 3.05) is 7.11 Å². The van der Waals surface area contributed by atoms with E-state index in [1.807, 2.05) is 44.2 Å². The highest BCUT2D eigenvalue weighted by atomic mass is 16.5. The number of methoxy groups -OCH3 is 1. The second-order valence-corrected chi connectivity index (χ2v) is 9.10. The van der Waals surface area contributed by atoms with Crippen molar-refractivity contribution in [3.05, 3.63) is 119 Å². The van der Waals surface area contributed by atoms with Crippen molar-refractivity contribution in [1.29, 1.82) is 0 Å². The van der Waals surface area contributed by atoms with Gasteiger partial charge in [-0.25, -0.2) is 10.2 Å². The predicted octanol–water partition coefficient (Wildman–Crippen LogP) is 6.44. The molecule has 0 bridgehead atoms. The quantitative estimate of drug-likeness (QED) is 0.112. The van der Waals surface area contributed by atoms with Crippen molar-refractivity contribution in [1.82, 2.24) is 10.4 Å². The lowest BCUT2D eigenvalue weighted by molar-refractivity contribution is 0.0733. The van der Waals surface area contributed by atoms with E-state index in [4.69, 9.17) is 9.47 Å². The zero-order chi connectivity index (χ0) is 27.4. The third-order valence-corrected chi connectivity index (χ3v) is 6.34. The summed E-state index contributed by atoms with van der Waals surface area (Å²) in [5.74, 6) is -0.0524. The van der Waals surface area contributed by atoms with Gasteiger partial charge >= 0.3 is 5.97 Å². The molecule has 4 aromatic carbocycles. The Morgan fingerprint density at radius 3 is 2.46 bits per heavy atom. The van der Waals surface area contributed by atoms with Gasteiger partial charge in [0.05, 0.1) is 18.9 Å². The van der Waals surface area contributed by atoms with E-state index in [-0.39, 0.29) is 5.91 Å². The number of esters is 1. The number of hydrazone groups is 1. The van der Waals surface area contributed by atoms with Crippen LogP contribution in [-0.2, 0) is 0 Å². The number of carbonyl (C=O) groups excluding carboxylic acids is 2. The van der Waals surface area contributed by atoms with Crippen LogP contribution in [0.3, 0.4) is 0 Å². The number of amides is 1. The molecule has 0 atom stereocenters. The van der Waals surface area contributed by atoms with Crippen molar-refractivity contribution in [3.8, 4) is 22.6 Å². The maximum Gasteiger partial charge on any atom is 0.343 e. The number of nitrogens with one attached hydrogen (secondary N) is 2. The number of aryl methyl sites for hydroxylation is 2. The van der Waals surface area contributed by atoms with E-state index in [9.17, 15) is 9.59 Å². The van der Waals surface area contributed by atoms with Gasteiger partial charge in [-0.3, -0.25) is 4.79 Å². The first kappa shape index (κ1) is 25.5. The van der Waals surface area contributed by atoms with Gasteiger partial charge in [0.1, 0.15) is 17.2 Å². The standard InChI is InChI=1S/C32H27N3O4/c1-20-16-21(2)29-26(17-20)28(22-10-5-4-6-11-22)30(34-29)31(36)35-33-19-24-12-7-8-15-27(24)39-32(37)23-13-9-14-25(18-23)38-3/h4-19,34H,1-3H3,(H,35,36). The molecular weight excluding hydrogens is 490 g/mol. The molecule has 1 heterocycles. The minimum Gasteiger partial charge on any atom is -0.497 e. The molecule has 0 aliphatic heterocycles. The average molecular weight is 518 g/mol. The summed E-state index contributed by atoms with van der Waals surface area (Å²) < 4.78 is 10.8. The molecule has 0 aliphatic rings. The largest absolute Gasteiger partial charge is 0.497 e. The molecule has 1 aromatic heterocycles. The number of H-pyrrole nitrogens is 1. The van der Waals surface area contributed by atoms with Crippen LogP contribution in [0, 0.1) is 13.8 Å². The molecule has 1 amide bonds. The topological polar surface area (TPSA) is 92.8 Å². The second kappa shape index (κ2) is 11.1. The van der Waals surface area contributed by atoms with E-state index >= 15 is 0 Å². The summed E-state index contributed by atoms with van der Waals surface area (Å²) in [5, 5.41) is 5.15. The van der Waals surface area contributed by atoms with Crippen molar-refractivity contribution in [2.24, 2.45) is 5.10 Å². The summed E-state index contributed by atoms with van der Waals surface area (Å²) in [4.78, 5) is 29.4. The maximum atomic E-state index is 13.3. The number of para-hydroxylation sites is 1. The molecule has 0 saturated heterocycles. The van der Waals surface area contributed by atoms with Crippen LogP contribution in [0.25, 0.3) is 22.0 Å². The van der Waals surface area contributed by atoms with E-state index in [1.165, 1.54) is 13.3 Å². The van der Waals surface area contributed by atoms with Crippen molar-refractivity contribution >= 4 is 29.0 Å². The zero-order valence-corrected chi connectivity index (χ0v) is 21.8. The Labute approximate surface area is 226 Å². The van der Waals surface area contributed by atoms with Crippen LogP contribution in [-0.4, -0.2) is 30.2 Å². The van der Waals surface area contributed by atoms with Gasteiger partial charge in [0.2, 0.25) is 0 Å². The molecule has 194 valence electrons. The lowest BCUT2D eigenvalue weighted by Gasteiger charge is -2.08. The highest BCUT2D eigenvalue weighted by Gasteiger charge is 2.20. The van der Waals surface area contributed by atoms with Crippen LogP contribution in [0.2, 0.25) is 0 Å². The second-order valence-electron chi connectivity index (χ2n) is 9.10. The molecule has 5 aromatic rings. The zero-order valence-electron chi connectivity index (χ0n) is 21.8. The van der Waals surface area contributed by atoms with Crippen molar-refractivity contribution < 1.29 is 19.1 Å². The summed E-state index contributed by atoms with van der Waals surface area (Å²) in [6.07, 6.45) is 1.45. The van der Waals surface area contributed by atoms with Crippen LogP contribution in [0.4, 0.5) is 0 Å². The van der Waals surface area contributed by atoms with Gasteiger partial charge in [0, 0.05) is 22.0 Å². The van der Waals surface area contributed by atoms with Crippen molar-refractivity contribution in [2.45, 2.75) is 13.8 Å². The molecule has 0 fully saturated rings. The summed E-state index contributed by atoms with van der Waals surface area (Å²) in [7, 11) is 1.53. The molecule has 7 nitrogen and oxygen atoms in total. The molecular formula is C32H27N3O4. The Bertz CT molecular complexity index is 1700. The third kappa shape index (κ3) is 5.43. The van der Waals surface area contributed by atoms with Crippen LogP contribution in [0.5, 0.6) is 11.5 Å². The number of aromatic amines is 1. The molecule has 0 radical (unpaired) electrons. The predicted molar refractivity (Wildman–Crippen MR) is 153 cm³/mol. The number of nitrogens with zero attached hydrogens (tertiary/aromatic N) is 1. The fraction of sp³-hybridized carbons (Fsp3) is 0.0938. The van der Waals surface area contributed by atoms with Gasteiger partial charge in [0.15, 0.2) is 0 Å². The molecule has 0 aliphatic carbocycles. The smallest absolute Gasteiger partial charge is 0.343 e. The normalized spacial score (nSPS) is 11.1. The number of hydrogen-bond acceptors (Lipinski definition) is 5. The molecule has 0 saturated carbocycles. The van der Waals surface area contributed by atoms with E-state index in [1.54, 1.807) is 48.5 Å². The van der Waals surface area contributed by atoms with Crippen LogP contribution >= 0.6 is 0 Å². The summed E-state index contributed by atoms with van der Waals surface area (Å²) in [5.41, 5.74) is 8.74. The van der Waals surface area contributed by atoms with E-state index in [2.05, 4.69) is 27.6 Å². The Kier molecular flexibility index (Phi) is 7.23. The van der Waals surface area contributed by atoms with Gasteiger partial charge in [-0.15, -0.1) is 0 Å². The summed E-state index contributed by atoms with van der Waals surface area (Å²) >= 11 is 0. The molecule has 0 unspecified atom stereocenters. The van der Waals surface area contributed by atoms with Crippen molar-refractivity contribution in [3.63, 3.8) is 0 Å². The monoisotopic (exact) mass is 517 g/mol. The lowest BCUT2D eigenvalue weighted by atomic mass is 9.99. The number of carbonyl (C=O) groups is 2. The molecule has 7 heteroatoms. The first-order chi connectivity index (χ1) is 18.9. The van der Waals surface area contributed by atoms with Gasteiger partial charge in [-0.2, -0.15) is 5.10 Å². The molecule has 39 heavy (non-hydrogen) atoms. The van der Waals surface area contributed by atoms with E-state index < -0.39 is 5.97 Å². The van der Waals surface area contributed by atoms with Gasteiger partial charge in [-0.05, 0) is 61.4 Å². The Balaban J connectivity index is 1.40. The summed E-state index contributed by atoms with van der Waals surface area (Å²) in [6, 6.07) is 27.6. The Hall–Kier alpha value is -5.17. The molecule has 5 rings (SSSR count). The first-order valence-corrected chi connectivity index (χ1v) is 12.4. The highest BCUT2D eigenvalue weighted by Crippen LogP contribution is 2.34. The number of benzene rings is 4. The van der Waals surface area contributed by atoms with Crippen LogP contribution in [0.1, 0.15) is 37.5 Å². The van der Waals surface area contributed by atoms with Gasteiger partial charge in [-0.1, -0.05) is 60.2 Å². The fourth-order valence-electron chi connectivity index (χ4n) is 4.53. The first-order valence-electron chi connectivity index (χ1n) is 12.4. The lowest BCUT2D eigenvalue weighted by Crippen LogP contribution is -2.19. The minimum absolute atomic E-state index is 0.310.